The highest BCUT2D eigenvalue weighted by Gasteiger charge is 2.16. The third-order valence-electron chi connectivity index (χ3n) is 3.65. The first kappa shape index (κ1) is 16.7. The topological polar surface area (TPSA) is 60.2 Å². The standard InChI is InChI=1S/C17H14F2N4O2/c1-22(25-2)17(24)14-9-23(10-21-14)12-5-3-4-11(8-12)15-13(18)6-7-20-16(15)19/h3-10H,1-2H3. The van der Waals surface area contributed by atoms with Gasteiger partial charge in [0.1, 0.15) is 17.8 Å². The number of nitrogens with zero attached hydrogens (tertiary/aromatic N) is 4. The van der Waals surface area contributed by atoms with E-state index in [-0.39, 0.29) is 11.3 Å². The van der Waals surface area contributed by atoms with Gasteiger partial charge in [0.25, 0.3) is 5.91 Å². The third kappa shape index (κ3) is 3.24. The average Bonchev–Trinajstić information content (AvgIpc) is 3.10. The van der Waals surface area contributed by atoms with Crippen LogP contribution in [0.1, 0.15) is 10.5 Å². The molecule has 25 heavy (non-hydrogen) atoms. The van der Waals surface area contributed by atoms with Crippen LogP contribution < -0.4 is 0 Å². The lowest BCUT2D eigenvalue weighted by atomic mass is 10.1. The van der Waals surface area contributed by atoms with E-state index in [1.165, 1.54) is 26.7 Å². The van der Waals surface area contributed by atoms with Crippen LogP contribution in [0.4, 0.5) is 8.78 Å². The normalized spacial score (nSPS) is 10.7. The lowest BCUT2D eigenvalue weighted by molar-refractivity contribution is -0.0760. The van der Waals surface area contributed by atoms with E-state index >= 15 is 0 Å². The largest absolute Gasteiger partial charge is 0.305 e. The molecule has 0 radical (unpaired) electrons. The summed E-state index contributed by atoms with van der Waals surface area (Å²) < 4.78 is 29.4. The lowest BCUT2D eigenvalue weighted by Gasteiger charge is -2.11. The second kappa shape index (κ2) is 6.78. The van der Waals surface area contributed by atoms with Crippen molar-refractivity contribution in [1.29, 1.82) is 0 Å². The van der Waals surface area contributed by atoms with E-state index in [1.807, 2.05) is 0 Å². The highest BCUT2D eigenvalue weighted by atomic mass is 19.1. The quantitative estimate of drug-likeness (QED) is 0.539. The Morgan fingerprint density at radius 2 is 2.04 bits per heavy atom. The number of rotatable bonds is 4. The van der Waals surface area contributed by atoms with E-state index in [4.69, 9.17) is 4.84 Å². The van der Waals surface area contributed by atoms with Crippen molar-refractivity contribution in [2.75, 3.05) is 14.2 Å². The number of hydrogen-bond acceptors (Lipinski definition) is 4. The van der Waals surface area contributed by atoms with Gasteiger partial charge >= 0.3 is 0 Å². The maximum atomic E-state index is 13.9. The number of carbonyl (C=O) groups is 1. The minimum Gasteiger partial charge on any atom is -0.305 e. The number of amides is 1. The van der Waals surface area contributed by atoms with Gasteiger partial charge in [-0.05, 0) is 23.8 Å². The molecule has 0 saturated heterocycles. The summed E-state index contributed by atoms with van der Waals surface area (Å²) >= 11 is 0. The molecule has 0 aliphatic rings. The first-order chi connectivity index (χ1) is 12.0. The summed E-state index contributed by atoms with van der Waals surface area (Å²) in [5, 5.41) is 1.05. The van der Waals surface area contributed by atoms with Crippen LogP contribution in [0.5, 0.6) is 0 Å². The van der Waals surface area contributed by atoms with Crippen molar-refractivity contribution in [3.63, 3.8) is 0 Å². The maximum Gasteiger partial charge on any atom is 0.297 e. The molecule has 0 atom stereocenters. The number of hydroxylamine groups is 2. The molecule has 1 amide bonds. The van der Waals surface area contributed by atoms with Gasteiger partial charge in [-0.3, -0.25) is 9.63 Å². The molecular weight excluding hydrogens is 330 g/mol. The number of benzene rings is 1. The molecule has 8 heteroatoms. The monoisotopic (exact) mass is 344 g/mol. The highest BCUT2D eigenvalue weighted by molar-refractivity contribution is 5.91. The van der Waals surface area contributed by atoms with Gasteiger partial charge < -0.3 is 4.57 Å². The van der Waals surface area contributed by atoms with Crippen molar-refractivity contribution in [2.24, 2.45) is 0 Å². The lowest BCUT2D eigenvalue weighted by Crippen LogP contribution is -2.25. The zero-order valence-electron chi connectivity index (χ0n) is 13.5. The number of pyridine rings is 1. The van der Waals surface area contributed by atoms with Gasteiger partial charge in [-0.25, -0.2) is 19.4 Å². The predicted octanol–water partition coefficient (Wildman–Crippen LogP) is 2.85. The van der Waals surface area contributed by atoms with Gasteiger partial charge in [0.15, 0.2) is 0 Å². The summed E-state index contributed by atoms with van der Waals surface area (Å²) in [4.78, 5) is 24.4. The summed E-state index contributed by atoms with van der Waals surface area (Å²) in [6, 6.07) is 7.64. The van der Waals surface area contributed by atoms with Crippen molar-refractivity contribution in [2.45, 2.75) is 0 Å². The van der Waals surface area contributed by atoms with Crippen LogP contribution in [0.15, 0.2) is 49.1 Å². The van der Waals surface area contributed by atoms with E-state index in [1.54, 1.807) is 28.8 Å². The highest BCUT2D eigenvalue weighted by Crippen LogP contribution is 2.26. The van der Waals surface area contributed by atoms with Crippen LogP contribution in [0, 0.1) is 11.8 Å². The average molecular weight is 344 g/mol. The number of hydrogen-bond donors (Lipinski definition) is 0. The summed E-state index contributed by atoms with van der Waals surface area (Å²) in [6.45, 7) is 0. The van der Waals surface area contributed by atoms with Gasteiger partial charge in [-0.1, -0.05) is 12.1 Å². The fourth-order valence-corrected chi connectivity index (χ4v) is 2.31. The van der Waals surface area contributed by atoms with Crippen LogP contribution in [0.25, 0.3) is 16.8 Å². The van der Waals surface area contributed by atoms with E-state index in [9.17, 15) is 13.6 Å². The van der Waals surface area contributed by atoms with Crippen LogP contribution >= 0.6 is 0 Å². The zero-order chi connectivity index (χ0) is 18.0. The van der Waals surface area contributed by atoms with Crippen molar-refractivity contribution >= 4 is 5.91 Å². The molecule has 0 aliphatic carbocycles. The van der Waals surface area contributed by atoms with Gasteiger partial charge in [-0.15, -0.1) is 0 Å². The molecule has 2 heterocycles. The smallest absolute Gasteiger partial charge is 0.297 e. The molecule has 1 aromatic carbocycles. The van der Waals surface area contributed by atoms with E-state index in [0.29, 0.717) is 11.3 Å². The molecule has 3 rings (SSSR count). The molecular formula is C17H14F2N4O2. The van der Waals surface area contributed by atoms with E-state index in [0.717, 1.165) is 17.3 Å². The molecule has 0 aliphatic heterocycles. The van der Waals surface area contributed by atoms with E-state index < -0.39 is 17.7 Å². The Morgan fingerprint density at radius 3 is 2.76 bits per heavy atom. The Morgan fingerprint density at radius 1 is 1.24 bits per heavy atom. The second-order valence-electron chi connectivity index (χ2n) is 5.16. The molecule has 0 spiro atoms. The Bertz CT molecular complexity index is 906. The van der Waals surface area contributed by atoms with Gasteiger partial charge in [0, 0.05) is 25.1 Å². The maximum absolute atomic E-state index is 13.9. The molecule has 0 N–H and O–H groups in total. The summed E-state index contributed by atoms with van der Waals surface area (Å²) in [6.07, 6.45) is 4.01. The zero-order valence-corrected chi connectivity index (χ0v) is 13.5. The van der Waals surface area contributed by atoms with Crippen molar-refractivity contribution in [1.82, 2.24) is 19.6 Å². The van der Waals surface area contributed by atoms with Crippen molar-refractivity contribution in [3.8, 4) is 16.8 Å². The van der Waals surface area contributed by atoms with Crippen LogP contribution in [-0.2, 0) is 4.84 Å². The number of halogens is 2. The van der Waals surface area contributed by atoms with Crippen LogP contribution in [0.2, 0.25) is 0 Å². The second-order valence-corrected chi connectivity index (χ2v) is 5.16. The van der Waals surface area contributed by atoms with Gasteiger partial charge in [0.2, 0.25) is 5.95 Å². The Hall–Kier alpha value is -3.13. The van der Waals surface area contributed by atoms with E-state index in [2.05, 4.69) is 9.97 Å². The third-order valence-corrected chi connectivity index (χ3v) is 3.65. The van der Waals surface area contributed by atoms with Crippen LogP contribution in [-0.4, -0.2) is 39.7 Å². The molecule has 0 fully saturated rings. The fraction of sp³-hybridized carbons (Fsp3) is 0.118. The van der Waals surface area contributed by atoms with Crippen molar-refractivity contribution < 1.29 is 18.4 Å². The number of aromatic nitrogens is 3. The van der Waals surface area contributed by atoms with Gasteiger partial charge in [-0.2, -0.15) is 4.39 Å². The first-order valence-corrected chi connectivity index (χ1v) is 7.28. The summed E-state index contributed by atoms with van der Waals surface area (Å²) in [5.74, 6) is -2.00. The summed E-state index contributed by atoms with van der Waals surface area (Å²) in [7, 11) is 2.84. The number of imidazole rings is 1. The van der Waals surface area contributed by atoms with Gasteiger partial charge in [0.05, 0.1) is 12.7 Å². The predicted molar refractivity (Wildman–Crippen MR) is 85.8 cm³/mol. The Labute approximate surface area is 142 Å². The molecule has 2 aromatic heterocycles. The molecule has 0 unspecified atom stereocenters. The minimum absolute atomic E-state index is 0.175. The minimum atomic E-state index is -0.889. The Kier molecular flexibility index (Phi) is 4.53. The Balaban J connectivity index is 1.98. The first-order valence-electron chi connectivity index (χ1n) is 7.28. The SMILES string of the molecule is CON(C)C(=O)c1cn(-c2cccc(-c3c(F)ccnc3F)c2)cn1. The molecule has 0 bridgehead atoms. The molecule has 6 nitrogen and oxygen atoms in total. The summed E-state index contributed by atoms with van der Waals surface area (Å²) in [5.41, 5.74) is 0.885. The molecule has 0 saturated carbocycles. The molecule has 128 valence electrons. The molecule has 3 aromatic rings. The fourth-order valence-electron chi connectivity index (χ4n) is 2.31. The number of carbonyl (C=O) groups excluding carboxylic acids is 1. The van der Waals surface area contributed by atoms with Crippen molar-refractivity contribution in [3.05, 3.63) is 66.5 Å². The van der Waals surface area contributed by atoms with Crippen LogP contribution in [0.3, 0.4) is 0 Å².